The average Bonchev–Trinajstić information content (AvgIpc) is 2.36. The second-order valence-corrected chi connectivity index (χ2v) is 5.10. The van der Waals surface area contributed by atoms with Gasteiger partial charge in [-0.05, 0) is 38.7 Å². The van der Waals surface area contributed by atoms with E-state index in [1.165, 1.54) is 17.5 Å². The van der Waals surface area contributed by atoms with Gasteiger partial charge in [-0.25, -0.2) is 4.79 Å². The van der Waals surface area contributed by atoms with Gasteiger partial charge in [-0.1, -0.05) is 29.3 Å². The van der Waals surface area contributed by atoms with Crippen LogP contribution in [0.15, 0.2) is 18.2 Å². The minimum absolute atomic E-state index is 0.172. The van der Waals surface area contributed by atoms with Crippen molar-refractivity contribution < 1.29 is 9.53 Å². The number of rotatable bonds is 2. The molecule has 1 heterocycles. The summed E-state index contributed by atoms with van der Waals surface area (Å²) in [6.07, 6.45) is 3.24. The summed E-state index contributed by atoms with van der Waals surface area (Å²) in [5, 5.41) is 0. The third kappa shape index (κ3) is 3.49. The van der Waals surface area contributed by atoms with E-state index in [9.17, 15) is 4.79 Å². The first-order chi connectivity index (χ1) is 8.65. The van der Waals surface area contributed by atoms with Gasteiger partial charge < -0.3 is 9.64 Å². The number of hydrogen-bond donors (Lipinski definition) is 0. The van der Waals surface area contributed by atoms with Crippen molar-refractivity contribution >= 4 is 6.09 Å². The fourth-order valence-electron chi connectivity index (χ4n) is 2.47. The molecule has 1 aliphatic heterocycles. The van der Waals surface area contributed by atoms with E-state index in [2.05, 4.69) is 32.0 Å². The summed E-state index contributed by atoms with van der Waals surface area (Å²) >= 11 is 0. The van der Waals surface area contributed by atoms with Gasteiger partial charge in [0, 0.05) is 13.1 Å². The van der Waals surface area contributed by atoms with Gasteiger partial charge in [0.15, 0.2) is 0 Å². The van der Waals surface area contributed by atoms with E-state index in [4.69, 9.17) is 4.74 Å². The van der Waals surface area contributed by atoms with Crippen LogP contribution in [0.1, 0.15) is 36.0 Å². The fraction of sp³-hybridized carbons (Fsp3) is 0.533. The zero-order valence-electron chi connectivity index (χ0n) is 11.2. The van der Waals surface area contributed by atoms with E-state index in [0.29, 0.717) is 6.61 Å². The van der Waals surface area contributed by atoms with Crippen molar-refractivity contribution in [2.24, 2.45) is 0 Å². The Morgan fingerprint density at radius 3 is 2.33 bits per heavy atom. The van der Waals surface area contributed by atoms with Gasteiger partial charge in [0.25, 0.3) is 0 Å². The maximum atomic E-state index is 11.8. The van der Waals surface area contributed by atoms with Crippen LogP contribution in [0.3, 0.4) is 0 Å². The molecule has 3 heteroatoms. The summed E-state index contributed by atoms with van der Waals surface area (Å²) in [7, 11) is 0. The number of nitrogens with zero attached hydrogens (tertiary/aromatic N) is 1. The number of piperidine rings is 1. The Balaban J connectivity index is 1.88. The Morgan fingerprint density at radius 1 is 1.11 bits per heavy atom. The van der Waals surface area contributed by atoms with E-state index >= 15 is 0 Å². The predicted molar refractivity (Wildman–Crippen MR) is 71.5 cm³/mol. The van der Waals surface area contributed by atoms with Crippen molar-refractivity contribution in [2.45, 2.75) is 39.7 Å². The van der Waals surface area contributed by atoms with Crippen LogP contribution in [0.5, 0.6) is 0 Å². The Hall–Kier alpha value is -1.51. The lowest BCUT2D eigenvalue weighted by molar-refractivity contribution is 0.0894. The lowest BCUT2D eigenvalue weighted by atomic mass is 10.1. The van der Waals surface area contributed by atoms with E-state index in [0.717, 1.165) is 31.5 Å². The molecule has 0 saturated carbocycles. The number of aryl methyl sites for hydroxylation is 2. The summed E-state index contributed by atoms with van der Waals surface area (Å²) < 4.78 is 5.36. The molecule has 3 nitrogen and oxygen atoms in total. The number of benzene rings is 1. The molecule has 1 aliphatic rings. The van der Waals surface area contributed by atoms with Gasteiger partial charge >= 0.3 is 6.09 Å². The molecule has 0 unspecified atom stereocenters. The molecule has 1 saturated heterocycles. The molecule has 0 bridgehead atoms. The molecular weight excluding hydrogens is 226 g/mol. The van der Waals surface area contributed by atoms with Crippen LogP contribution in [-0.4, -0.2) is 24.1 Å². The predicted octanol–water partition coefficient (Wildman–Crippen LogP) is 3.43. The molecule has 1 amide bonds. The second kappa shape index (κ2) is 5.89. The van der Waals surface area contributed by atoms with Gasteiger partial charge in [-0.3, -0.25) is 0 Å². The second-order valence-electron chi connectivity index (χ2n) is 5.10. The fourth-order valence-corrected chi connectivity index (χ4v) is 2.47. The highest BCUT2D eigenvalue weighted by atomic mass is 16.6. The number of hydrogen-bond acceptors (Lipinski definition) is 2. The Bertz CT molecular complexity index is 402. The number of amides is 1. The first kappa shape index (κ1) is 12.9. The molecule has 0 atom stereocenters. The summed E-state index contributed by atoms with van der Waals surface area (Å²) in [5.41, 5.74) is 3.48. The topological polar surface area (TPSA) is 29.5 Å². The van der Waals surface area contributed by atoms with Gasteiger partial charge in [-0.15, -0.1) is 0 Å². The van der Waals surface area contributed by atoms with Gasteiger partial charge in [-0.2, -0.15) is 0 Å². The van der Waals surface area contributed by atoms with E-state index in [1.54, 1.807) is 0 Å². The Labute approximate surface area is 109 Å². The highest BCUT2D eigenvalue weighted by molar-refractivity contribution is 5.67. The van der Waals surface area contributed by atoms with Crippen molar-refractivity contribution in [3.05, 3.63) is 34.9 Å². The van der Waals surface area contributed by atoms with Crippen LogP contribution >= 0.6 is 0 Å². The summed E-state index contributed by atoms with van der Waals surface area (Å²) in [6.45, 7) is 6.17. The molecule has 0 radical (unpaired) electrons. The third-order valence-corrected chi connectivity index (χ3v) is 3.26. The van der Waals surface area contributed by atoms with Crippen LogP contribution < -0.4 is 0 Å². The van der Waals surface area contributed by atoms with Crippen LogP contribution in [0.25, 0.3) is 0 Å². The molecule has 2 rings (SSSR count). The number of ether oxygens (including phenoxy) is 1. The first-order valence-corrected chi connectivity index (χ1v) is 6.64. The number of carbonyl (C=O) groups is 1. The maximum absolute atomic E-state index is 11.8. The normalized spacial score (nSPS) is 15.6. The Kier molecular flexibility index (Phi) is 4.24. The third-order valence-electron chi connectivity index (χ3n) is 3.26. The van der Waals surface area contributed by atoms with E-state index in [-0.39, 0.29) is 6.09 Å². The van der Waals surface area contributed by atoms with E-state index in [1.807, 2.05) is 4.90 Å². The molecule has 0 N–H and O–H groups in total. The molecular formula is C15H21NO2. The molecule has 1 aromatic rings. The smallest absolute Gasteiger partial charge is 0.410 e. The minimum Gasteiger partial charge on any atom is -0.445 e. The van der Waals surface area contributed by atoms with Gasteiger partial charge in [0.05, 0.1) is 0 Å². The standard InChI is InChI=1S/C15H21NO2/c1-12-8-13(2)10-14(9-12)11-18-15(17)16-6-4-3-5-7-16/h8-10H,3-7,11H2,1-2H3. The highest BCUT2D eigenvalue weighted by Gasteiger charge is 2.17. The largest absolute Gasteiger partial charge is 0.445 e. The van der Waals surface area contributed by atoms with Crippen LogP contribution in [0.4, 0.5) is 4.79 Å². The molecule has 1 aromatic carbocycles. The van der Waals surface area contributed by atoms with Gasteiger partial charge in [0.1, 0.15) is 6.61 Å². The van der Waals surface area contributed by atoms with Crippen LogP contribution in [0.2, 0.25) is 0 Å². The summed E-state index contributed by atoms with van der Waals surface area (Å²) in [4.78, 5) is 13.7. The molecule has 0 aliphatic carbocycles. The van der Waals surface area contributed by atoms with Crippen LogP contribution in [-0.2, 0) is 11.3 Å². The minimum atomic E-state index is -0.172. The van der Waals surface area contributed by atoms with Crippen molar-refractivity contribution in [3.8, 4) is 0 Å². The SMILES string of the molecule is Cc1cc(C)cc(COC(=O)N2CCCCC2)c1. The van der Waals surface area contributed by atoms with Crippen LogP contribution in [0, 0.1) is 13.8 Å². The molecule has 18 heavy (non-hydrogen) atoms. The molecule has 98 valence electrons. The lowest BCUT2D eigenvalue weighted by Gasteiger charge is -2.25. The van der Waals surface area contributed by atoms with Gasteiger partial charge in [0.2, 0.25) is 0 Å². The van der Waals surface area contributed by atoms with E-state index < -0.39 is 0 Å². The lowest BCUT2D eigenvalue weighted by Crippen LogP contribution is -2.35. The van der Waals surface area contributed by atoms with Crippen molar-refractivity contribution in [1.82, 2.24) is 4.90 Å². The summed E-state index contributed by atoms with van der Waals surface area (Å²) in [6, 6.07) is 6.25. The monoisotopic (exact) mass is 247 g/mol. The maximum Gasteiger partial charge on any atom is 0.410 e. The molecule has 0 aromatic heterocycles. The first-order valence-electron chi connectivity index (χ1n) is 6.64. The number of likely N-dealkylation sites (tertiary alicyclic amines) is 1. The quantitative estimate of drug-likeness (QED) is 0.801. The van der Waals surface area contributed by atoms with Crippen molar-refractivity contribution in [2.75, 3.05) is 13.1 Å². The average molecular weight is 247 g/mol. The zero-order chi connectivity index (χ0) is 13.0. The Morgan fingerprint density at radius 2 is 1.72 bits per heavy atom. The van der Waals surface area contributed by atoms with Crippen molar-refractivity contribution in [1.29, 1.82) is 0 Å². The summed E-state index contributed by atoms with van der Waals surface area (Å²) in [5.74, 6) is 0. The zero-order valence-corrected chi connectivity index (χ0v) is 11.2. The highest BCUT2D eigenvalue weighted by Crippen LogP contribution is 2.13. The molecule has 1 fully saturated rings. The molecule has 0 spiro atoms. The number of carbonyl (C=O) groups excluding carboxylic acids is 1. The van der Waals surface area contributed by atoms with Crippen molar-refractivity contribution in [3.63, 3.8) is 0 Å².